The molecule has 0 bridgehead atoms. The Kier molecular flexibility index (Phi) is 4.45. The maximum absolute atomic E-state index is 11.5. The molecule has 6 nitrogen and oxygen atoms in total. The van der Waals surface area contributed by atoms with Gasteiger partial charge in [0.2, 0.25) is 0 Å². The lowest BCUT2D eigenvalue weighted by molar-refractivity contribution is 0.111. The van der Waals surface area contributed by atoms with Gasteiger partial charge in [0.15, 0.2) is 9.84 Å². The third-order valence-corrected chi connectivity index (χ3v) is 5.74. The molecule has 2 amide bonds. The predicted octanol–water partition coefficient (Wildman–Crippen LogP) is 0.0418. The molecule has 0 aromatic carbocycles. The maximum Gasteiger partial charge on any atom is 0.314 e. The van der Waals surface area contributed by atoms with E-state index in [9.17, 15) is 13.2 Å². The van der Waals surface area contributed by atoms with Crippen LogP contribution >= 0.6 is 0 Å². The molecule has 18 heavy (non-hydrogen) atoms. The van der Waals surface area contributed by atoms with E-state index < -0.39 is 15.1 Å². The van der Waals surface area contributed by atoms with E-state index in [0.29, 0.717) is 19.4 Å². The number of carbonyl (C=O) groups excluding carboxylic acids is 1. The summed E-state index contributed by atoms with van der Waals surface area (Å²) >= 11 is 0. The van der Waals surface area contributed by atoms with Crippen LogP contribution in [0.15, 0.2) is 0 Å². The number of amides is 2. The van der Waals surface area contributed by atoms with Crippen molar-refractivity contribution in [2.75, 3.05) is 25.4 Å². The second kappa shape index (κ2) is 5.88. The quantitative estimate of drug-likeness (QED) is 0.759. The van der Waals surface area contributed by atoms with Gasteiger partial charge in [0, 0.05) is 19.7 Å². The first-order valence-electron chi connectivity index (χ1n) is 6.43. The molecule has 0 radical (unpaired) electrons. The summed E-state index contributed by atoms with van der Waals surface area (Å²) < 4.78 is 28.5. The van der Waals surface area contributed by atoms with Gasteiger partial charge in [-0.25, -0.2) is 13.2 Å². The van der Waals surface area contributed by atoms with Crippen LogP contribution in [0.5, 0.6) is 0 Å². The van der Waals surface area contributed by atoms with Crippen molar-refractivity contribution >= 4 is 15.9 Å². The van der Waals surface area contributed by atoms with Crippen LogP contribution in [0.2, 0.25) is 0 Å². The second-order valence-corrected chi connectivity index (χ2v) is 7.26. The van der Waals surface area contributed by atoms with Crippen molar-refractivity contribution in [3.63, 3.8) is 0 Å². The van der Waals surface area contributed by atoms with Gasteiger partial charge in [-0.1, -0.05) is 0 Å². The van der Waals surface area contributed by atoms with Crippen molar-refractivity contribution in [3.8, 4) is 0 Å². The zero-order valence-corrected chi connectivity index (χ0v) is 11.2. The lowest BCUT2D eigenvalue weighted by Gasteiger charge is -2.13. The van der Waals surface area contributed by atoms with Crippen LogP contribution in [-0.4, -0.2) is 51.3 Å². The van der Waals surface area contributed by atoms with Crippen LogP contribution < -0.4 is 10.6 Å². The van der Waals surface area contributed by atoms with Gasteiger partial charge in [-0.3, -0.25) is 0 Å². The molecule has 2 rings (SSSR count). The summed E-state index contributed by atoms with van der Waals surface area (Å²) in [5.41, 5.74) is 0. The molecule has 2 heterocycles. The third kappa shape index (κ3) is 3.58. The molecule has 104 valence electrons. The van der Waals surface area contributed by atoms with Crippen molar-refractivity contribution in [2.45, 2.75) is 37.0 Å². The highest BCUT2D eigenvalue weighted by molar-refractivity contribution is 7.92. The van der Waals surface area contributed by atoms with Gasteiger partial charge in [-0.05, 0) is 25.7 Å². The lowest BCUT2D eigenvalue weighted by atomic mass is 10.2. The molecule has 0 aromatic rings. The number of urea groups is 1. The molecular weight excluding hydrogens is 256 g/mol. The molecule has 0 aliphatic carbocycles. The molecule has 0 aromatic heterocycles. The minimum atomic E-state index is -2.98. The van der Waals surface area contributed by atoms with Gasteiger partial charge < -0.3 is 15.4 Å². The molecule has 0 saturated carbocycles. The first-order valence-corrected chi connectivity index (χ1v) is 8.14. The number of nitrogens with one attached hydrogen (secondary N) is 2. The average Bonchev–Trinajstić information content (AvgIpc) is 2.93. The molecule has 0 unspecified atom stereocenters. The summed E-state index contributed by atoms with van der Waals surface area (Å²) in [6.45, 7) is 1.46. The van der Waals surface area contributed by atoms with Crippen molar-refractivity contribution < 1.29 is 17.9 Å². The van der Waals surface area contributed by atoms with Crippen molar-refractivity contribution in [2.24, 2.45) is 0 Å². The smallest absolute Gasteiger partial charge is 0.314 e. The van der Waals surface area contributed by atoms with Gasteiger partial charge in [0.25, 0.3) is 0 Å². The Hall–Kier alpha value is -0.820. The zero-order valence-electron chi connectivity index (χ0n) is 10.4. The van der Waals surface area contributed by atoms with E-state index in [1.165, 1.54) is 0 Å². The topological polar surface area (TPSA) is 84.5 Å². The first kappa shape index (κ1) is 13.6. The Morgan fingerprint density at radius 1 is 1.17 bits per heavy atom. The SMILES string of the molecule is O=C(NC[C@@H]1CCCO1)NC[C@H]1CCCS1(=O)=O. The van der Waals surface area contributed by atoms with Crippen molar-refractivity contribution in [1.29, 1.82) is 0 Å². The minimum absolute atomic E-state index is 0.103. The summed E-state index contributed by atoms with van der Waals surface area (Å²) in [7, 11) is -2.98. The van der Waals surface area contributed by atoms with Crippen LogP contribution in [-0.2, 0) is 14.6 Å². The molecule has 2 saturated heterocycles. The van der Waals surface area contributed by atoms with Crippen LogP contribution in [0.1, 0.15) is 25.7 Å². The summed E-state index contributed by atoms with van der Waals surface area (Å²) in [4.78, 5) is 11.5. The fourth-order valence-corrected chi connectivity index (χ4v) is 4.13. The van der Waals surface area contributed by atoms with E-state index in [1.54, 1.807) is 0 Å². The Balaban J connectivity index is 1.65. The fourth-order valence-electron chi connectivity index (χ4n) is 2.37. The number of ether oxygens (including phenoxy) is 1. The van der Waals surface area contributed by atoms with E-state index in [-0.39, 0.29) is 24.4 Å². The number of hydrogen-bond acceptors (Lipinski definition) is 4. The number of hydrogen-bond donors (Lipinski definition) is 2. The largest absolute Gasteiger partial charge is 0.376 e. The lowest BCUT2D eigenvalue weighted by Crippen LogP contribution is -2.43. The summed E-state index contributed by atoms with van der Waals surface area (Å²) in [5.74, 6) is 0.247. The van der Waals surface area contributed by atoms with Gasteiger partial charge in [-0.15, -0.1) is 0 Å². The zero-order chi connectivity index (χ0) is 13.0. The van der Waals surface area contributed by atoms with Gasteiger partial charge in [0.1, 0.15) is 0 Å². The van der Waals surface area contributed by atoms with Gasteiger partial charge in [-0.2, -0.15) is 0 Å². The molecule has 2 aliphatic rings. The number of sulfone groups is 1. The molecular formula is C11H20N2O4S. The van der Waals surface area contributed by atoms with E-state index in [2.05, 4.69) is 10.6 Å². The maximum atomic E-state index is 11.5. The normalized spacial score (nSPS) is 30.2. The highest BCUT2D eigenvalue weighted by atomic mass is 32.2. The Morgan fingerprint density at radius 3 is 2.56 bits per heavy atom. The van der Waals surface area contributed by atoms with Crippen LogP contribution in [0.3, 0.4) is 0 Å². The minimum Gasteiger partial charge on any atom is -0.376 e. The molecule has 2 N–H and O–H groups in total. The number of rotatable bonds is 4. The van der Waals surface area contributed by atoms with Crippen LogP contribution in [0.4, 0.5) is 4.79 Å². The molecule has 2 fully saturated rings. The molecule has 0 spiro atoms. The van der Waals surface area contributed by atoms with Crippen LogP contribution in [0.25, 0.3) is 0 Å². The molecule has 7 heteroatoms. The van der Waals surface area contributed by atoms with Gasteiger partial charge in [0.05, 0.1) is 17.1 Å². The first-order chi connectivity index (χ1) is 8.58. The van der Waals surface area contributed by atoms with Crippen molar-refractivity contribution in [1.82, 2.24) is 10.6 Å². The second-order valence-electron chi connectivity index (χ2n) is 4.86. The highest BCUT2D eigenvalue weighted by Gasteiger charge is 2.31. The van der Waals surface area contributed by atoms with E-state index >= 15 is 0 Å². The fraction of sp³-hybridized carbons (Fsp3) is 0.909. The average molecular weight is 276 g/mol. The van der Waals surface area contributed by atoms with E-state index in [1.807, 2.05) is 0 Å². The van der Waals surface area contributed by atoms with E-state index in [0.717, 1.165) is 19.4 Å². The summed E-state index contributed by atoms with van der Waals surface area (Å²) in [5, 5.41) is 4.91. The predicted molar refractivity (Wildman–Crippen MR) is 67.2 cm³/mol. The molecule has 2 atom stereocenters. The van der Waals surface area contributed by atoms with Gasteiger partial charge >= 0.3 is 6.03 Å². The standard InChI is InChI=1S/C11H20N2O4S/c14-11(12-7-9-3-1-5-17-9)13-8-10-4-2-6-18(10,15)16/h9-10H,1-8H2,(H2,12,13,14)/t9-,10+/m0/s1. The highest BCUT2D eigenvalue weighted by Crippen LogP contribution is 2.18. The number of carbonyl (C=O) groups is 1. The summed E-state index contributed by atoms with van der Waals surface area (Å²) in [6.07, 6.45) is 3.46. The molecule has 2 aliphatic heterocycles. The van der Waals surface area contributed by atoms with Crippen LogP contribution in [0, 0.1) is 0 Å². The monoisotopic (exact) mass is 276 g/mol. The van der Waals surface area contributed by atoms with Crippen molar-refractivity contribution in [3.05, 3.63) is 0 Å². The Labute approximate surface area is 107 Å². The Bertz CT molecular complexity index is 390. The third-order valence-electron chi connectivity index (χ3n) is 3.47. The summed E-state index contributed by atoms with van der Waals surface area (Å²) in [6, 6.07) is -0.312. The Morgan fingerprint density at radius 2 is 1.94 bits per heavy atom. The van der Waals surface area contributed by atoms with E-state index in [4.69, 9.17) is 4.74 Å².